The number of halogens is 1. The number of alkyl halides is 1. The maximum atomic E-state index is 11.8. The third-order valence-corrected chi connectivity index (χ3v) is 3.91. The van der Waals surface area contributed by atoms with Crippen molar-refractivity contribution in [2.24, 2.45) is 5.92 Å². The van der Waals surface area contributed by atoms with E-state index >= 15 is 0 Å². The van der Waals surface area contributed by atoms with Crippen molar-refractivity contribution in [2.75, 3.05) is 13.1 Å². The second-order valence-corrected chi connectivity index (χ2v) is 6.38. The van der Waals surface area contributed by atoms with Crippen molar-refractivity contribution in [3.63, 3.8) is 0 Å². The van der Waals surface area contributed by atoms with E-state index in [1.807, 2.05) is 20.8 Å². The van der Waals surface area contributed by atoms with Gasteiger partial charge in [0.2, 0.25) is 0 Å². The number of nitrogens with one attached hydrogen (secondary N) is 1. The second kappa shape index (κ2) is 5.48. The second-order valence-electron chi connectivity index (χ2n) is 5.04. The maximum Gasteiger partial charge on any atom is 0.319 e. The topological polar surface area (TPSA) is 38.3 Å². The molecule has 1 heterocycles. The number of carbonyl (C=O) groups excluding carboxylic acids is 1. The number of piperidine rings is 1. The monoisotopic (exact) mass is 325 g/mol. The first kappa shape index (κ1) is 13.2. The number of carbonyl (C=O) groups is 1. The third-order valence-electron chi connectivity index (χ3n) is 2.38. The molecule has 0 amide bonds. The smallest absolute Gasteiger partial charge is 0.319 e. The molecule has 0 saturated carbocycles. The van der Waals surface area contributed by atoms with Crippen molar-refractivity contribution in [3.8, 4) is 0 Å². The Balaban J connectivity index is 2.44. The van der Waals surface area contributed by atoms with E-state index in [1.165, 1.54) is 0 Å². The van der Waals surface area contributed by atoms with Crippen LogP contribution in [0.4, 0.5) is 0 Å². The van der Waals surface area contributed by atoms with Gasteiger partial charge in [-0.25, -0.2) is 0 Å². The minimum absolute atomic E-state index is 0.0189. The highest BCUT2D eigenvalue weighted by Crippen LogP contribution is 2.24. The van der Waals surface area contributed by atoms with Gasteiger partial charge in [-0.2, -0.15) is 0 Å². The third kappa shape index (κ3) is 4.68. The van der Waals surface area contributed by atoms with E-state index in [1.54, 1.807) is 0 Å². The number of hydrogen-bond donors (Lipinski definition) is 1. The summed E-state index contributed by atoms with van der Waals surface area (Å²) in [6.45, 7) is 7.75. The number of rotatable bonds is 2. The minimum Gasteiger partial charge on any atom is -0.459 e. The van der Waals surface area contributed by atoms with Crippen molar-refractivity contribution in [2.45, 2.75) is 43.1 Å². The molecule has 15 heavy (non-hydrogen) atoms. The summed E-state index contributed by atoms with van der Waals surface area (Å²) in [5.74, 6) is 0.353. The summed E-state index contributed by atoms with van der Waals surface area (Å²) < 4.78 is 5.36. The Morgan fingerprint density at radius 1 is 1.53 bits per heavy atom. The first-order valence-electron chi connectivity index (χ1n) is 5.48. The van der Waals surface area contributed by atoms with Crippen LogP contribution in [-0.2, 0) is 9.53 Å². The van der Waals surface area contributed by atoms with Crippen LogP contribution in [0.15, 0.2) is 0 Å². The Kier molecular flexibility index (Phi) is 4.83. The zero-order valence-corrected chi connectivity index (χ0v) is 11.8. The number of esters is 1. The van der Waals surface area contributed by atoms with E-state index in [0.29, 0.717) is 5.92 Å². The molecule has 0 radical (unpaired) electrons. The van der Waals surface area contributed by atoms with Gasteiger partial charge in [0.05, 0.1) is 0 Å². The van der Waals surface area contributed by atoms with E-state index in [0.717, 1.165) is 25.9 Å². The predicted octanol–water partition coefficient (Wildman–Crippen LogP) is 2.13. The van der Waals surface area contributed by atoms with Crippen LogP contribution in [0.3, 0.4) is 0 Å². The molecular formula is C11H20INO2. The predicted molar refractivity (Wildman–Crippen MR) is 69.2 cm³/mol. The van der Waals surface area contributed by atoms with Crippen LogP contribution in [0.5, 0.6) is 0 Å². The fourth-order valence-electron chi connectivity index (χ4n) is 1.68. The van der Waals surface area contributed by atoms with Crippen molar-refractivity contribution in [3.05, 3.63) is 0 Å². The Bertz CT molecular complexity index is 219. The highest BCUT2D eigenvalue weighted by molar-refractivity contribution is 14.1. The summed E-state index contributed by atoms with van der Waals surface area (Å²) in [7, 11) is 0. The molecule has 3 nitrogen and oxygen atoms in total. The van der Waals surface area contributed by atoms with Gasteiger partial charge >= 0.3 is 5.97 Å². The van der Waals surface area contributed by atoms with E-state index in [-0.39, 0.29) is 15.5 Å². The van der Waals surface area contributed by atoms with Crippen LogP contribution in [0, 0.1) is 5.92 Å². The first-order valence-corrected chi connectivity index (χ1v) is 6.72. The molecule has 88 valence electrons. The molecule has 0 spiro atoms. The van der Waals surface area contributed by atoms with Gasteiger partial charge in [0.25, 0.3) is 0 Å². The van der Waals surface area contributed by atoms with Gasteiger partial charge in [-0.3, -0.25) is 4.79 Å². The summed E-state index contributed by atoms with van der Waals surface area (Å²) in [6, 6.07) is 0. The van der Waals surface area contributed by atoms with Gasteiger partial charge in [-0.05, 0) is 52.6 Å². The molecule has 0 aromatic rings. The summed E-state index contributed by atoms with van der Waals surface area (Å²) >= 11 is 2.21. The molecule has 1 aliphatic heterocycles. The molecule has 4 heteroatoms. The standard InChI is InChI=1S/C11H20INO2/c1-11(2,3)15-10(14)9(12)8-5-4-6-13-7-8/h8-9,13H,4-7H2,1-3H3. The summed E-state index contributed by atoms with van der Waals surface area (Å²) in [5, 5.41) is 3.32. The Morgan fingerprint density at radius 3 is 2.67 bits per heavy atom. The molecule has 2 atom stereocenters. The zero-order valence-electron chi connectivity index (χ0n) is 9.68. The molecule has 0 aromatic carbocycles. The normalized spacial score (nSPS) is 24.7. The largest absolute Gasteiger partial charge is 0.459 e. The van der Waals surface area contributed by atoms with E-state index in [9.17, 15) is 4.79 Å². The van der Waals surface area contributed by atoms with Crippen LogP contribution in [0.1, 0.15) is 33.6 Å². The van der Waals surface area contributed by atoms with Crippen LogP contribution >= 0.6 is 22.6 Å². The van der Waals surface area contributed by atoms with Gasteiger partial charge in [-0.15, -0.1) is 0 Å². The molecule has 0 bridgehead atoms. The molecule has 0 aliphatic carbocycles. The summed E-state index contributed by atoms with van der Waals surface area (Å²) in [6.07, 6.45) is 2.28. The van der Waals surface area contributed by atoms with Gasteiger partial charge < -0.3 is 10.1 Å². The lowest BCUT2D eigenvalue weighted by molar-refractivity contribution is -0.154. The van der Waals surface area contributed by atoms with E-state index in [4.69, 9.17) is 4.74 Å². The SMILES string of the molecule is CC(C)(C)OC(=O)C(I)C1CCCNC1. The molecule has 1 aliphatic rings. The van der Waals surface area contributed by atoms with Gasteiger partial charge in [0, 0.05) is 0 Å². The minimum atomic E-state index is -0.372. The molecule has 1 saturated heterocycles. The fourth-order valence-corrected chi connectivity index (χ4v) is 2.42. The summed E-state index contributed by atoms with van der Waals surface area (Å²) in [4.78, 5) is 11.8. The van der Waals surface area contributed by atoms with E-state index in [2.05, 4.69) is 27.9 Å². The Labute approximate surface area is 105 Å². The average Bonchev–Trinajstić information content (AvgIpc) is 2.15. The molecule has 1 rings (SSSR count). The van der Waals surface area contributed by atoms with Crippen molar-refractivity contribution in [1.29, 1.82) is 0 Å². The first-order chi connectivity index (χ1) is 6.90. The zero-order chi connectivity index (χ0) is 11.5. The highest BCUT2D eigenvalue weighted by Gasteiger charge is 2.30. The average molecular weight is 325 g/mol. The van der Waals surface area contributed by atoms with Crippen LogP contribution in [0.25, 0.3) is 0 Å². The maximum absolute atomic E-state index is 11.8. The fraction of sp³-hybridized carbons (Fsp3) is 0.909. The van der Waals surface area contributed by atoms with Crippen molar-refractivity contribution >= 4 is 28.6 Å². The molecular weight excluding hydrogens is 305 g/mol. The quantitative estimate of drug-likeness (QED) is 0.480. The molecule has 1 fully saturated rings. The highest BCUT2D eigenvalue weighted by atomic mass is 127. The van der Waals surface area contributed by atoms with E-state index < -0.39 is 0 Å². The number of ether oxygens (including phenoxy) is 1. The van der Waals surface area contributed by atoms with Crippen LogP contribution < -0.4 is 5.32 Å². The lowest BCUT2D eigenvalue weighted by atomic mass is 9.96. The van der Waals surface area contributed by atoms with Gasteiger partial charge in [0.1, 0.15) is 9.53 Å². The van der Waals surface area contributed by atoms with Crippen LogP contribution in [-0.4, -0.2) is 28.6 Å². The molecule has 2 unspecified atom stereocenters. The Morgan fingerprint density at radius 2 is 2.20 bits per heavy atom. The lowest BCUT2D eigenvalue weighted by Gasteiger charge is -2.28. The van der Waals surface area contributed by atoms with Crippen LogP contribution in [0.2, 0.25) is 0 Å². The lowest BCUT2D eigenvalue weighted by Crippen LogP contribution is -2.40. The van der Waals surface area contributed by atoms with Crippen molar-refractivity contribution < 1.29 is 9.53 Å². The number of hydrogen-bond acceptors (Lipinski definition) is 3. The molecule has 0 aromatic heterocycles. The Hall–Kier alpha value is 0.160. The van der Waals surface area contributed by atoms with Crippen molar-refractivity contribution in [1.82, 2.24) is 5.32 Å². The van der Waals surface area contributed by atoms with Gasteiger partial charge in [0.15, 0.2) is 0 Å². The molecule has 1 N–H and O–H groups in total. The summed E-state index contributed by atoms with van der Waals surface area (Å²) in [5.41, 5.74) is -0.372. The van der Waals surface area contributed by atoms with Gasteiger partial charge in [-0.1, -0.05) is 22.6 Å².